The second-order valence-corrected chi connectivity index (χ2v) is 6.41. The highest BCUT2D eigenvalue weighted by molar-refractivity contribution is 5.77. The van der Waals surface area contributed by atoms with Crippen molar-refractivity contribution in [1.29, 1.82) is 0 Å². The molecule has 2 aromatic carbocycles. The number of hydrogen-bond donors (Lipinski definition) is 1. The fourth-order valence-electron chi connectivity index (χ4n) is 3.01. The van der Waals surface area contributed by atoms with Gasteiger partial charge in [-0.3, -0.25) is 14.2 Å². The molecule has 0 saturated heterocycles. The number of carbonyl (C=O) groups excluding carboxylic acids is 1. The largest absolute Gasteiger partial charge is 0.493 e. The molecule has 1 heterocycles. The number of hydrogen-bond acceptors (Lipinski definition) is 5. The lowest BCUT2D eigenvalue weighted by atomic mass is 10.1. The normalized spacial score (nSPS) is 11.8. The molecule has 0 saturated carbocycles. The molecule has 0 radical (unpaired) electrons. The van der Waals surface area contributed by atoms with Gasteiger partial charge in [0.05, 0.1) is 37.5 Å². The minimum atomic E-state index is -0.209. The van der Waals surface area contributed by atoms with Crippen LogP contribution in [0, 0.1) is 0 Å². The van der Waals surface area contributed by atoms with Crippen molar-refractivity contribution in [3.63, 3.8) is 0 Å². The first-order valence-corrected chi connectivity index (χ1v) is 8.99. The van der Waals surface area contributed by atoms with Gasteiger partial charge in [-0.05, 0) is 36.8 Å². The molecule has 0 aliphatic carbocycles. The summed E-state index contributed by atoms with van der Waals surface area (Å²) in [5.74, 6) is 1.09. The number of nitrogens with one attached hydrogen (secondary N) is 1. The van der Waals surface area contributed by atoms with Crippen LogP contribution < -0.4 is 20.3 Å². The maximum absolute atomic E-state index is 12.5. The molecule has 28 heavy (non-hydrogen) atoms. The summed E-state index contributed by atoms with van der Waals surface area (Å²) in [6, 6.07) is 12.5. The van der Waals surface area contributed by atoms with Crippen LogP contribution >= 0.6 is 0 Å². The van der Waals surface area contributed by atoms with E-state index >= 15 is 0 Å². The van der Waals surface area contributed by atoms with Gasteiger partial charge in [0, 0.05) is 13.0 Å². The Labute approximate surface area is 162 Å². The van der Waals surface area contributed by atoms with Crippen LogP contribution in [0.15, 0.2) is 53.6 Å². The molecule has 0 spiro atoms. The summed E-state index contributed by atoms with van der Waals surface area (Å²) < 4.78 is 12.0. The molecular weight excluding hydrogens is 358 g/mol. The Morgan fingerprint density at radius 3 is 2.64 bits per heavy atom. The Morgan fingerprint density at radius 1 is 1.14 bits per heavy atom. The fraction of sp³-hybridized carbons (Fsp3) is 0.286. The van der Waals surface area contributed by atoms with Crippen molar-refractivity contribution in [3.05, 3.63) is 64.7 Å². The van der Waals surface area contributed by atoms with Gasteiger partial charge in [-0.15, -0.1) is 0 Å². The minimum absolute atomic E-state index is 0.147. The van der Waals surface area contributed by atoms with Crippen LogP contribution in [0.25, 0.3) is 10.9 Å². The quantitative estimate of drug-likeness (QED) is 0.680. The zero-order valence-electron chi connectivity index (χ0n) is 16.1. The molecule has 0 fully saturated rings. The van der Waals surface area contributed by atoms with Crippen molar-refractivity contribution < 1.29 is 14.3 Å². The Kier molecular flexibility index (Phi) is 5.93. The molecule has 3 aromatic rings. The standard InChI is InChI=1S/C21H23N3O4/c1-14(15-8-9-18(27-2)19(12-15)28-3)23-20(25)10-11-24-13-22-17-7-5-4-6-16(17)21(24)26/h4-9,12-14H,10-11H2,1-3H3,(H,23,25). The molecule has 1 unspecified atom stereocenters. The number of benzene rings is 2. The molecule has 1 atom stereocenters. The first-order chi connectivity index (χ1) is 13.5. The van der Waals surface area contributed by atoms with Gasteiger partial charge in [0.25, 0.3) is 5.56 Å². The van der Waals surface area contributed by atoms with E-state index in [-0.39, 0.29) is 30.5 Å². The van der Waals surface area contributed by atoms with Crippen molar-refractivity contribution in [2.75, 3.05) is 14.2 Å². The highest BCUT2D eigenvalue weighted by Gasteiger charge is 2.13. The van der Waals surface area contributed by atoms with Gasteiger partial charge in [0.2, 0.25) is 5.91 Å². The first-order valence-electron chi connectivity index (χ1n) is 8.99. The Balaban J connectivity index is 1.64. The molecule has 3 rings (SSSR count). The monoisotopic (exact) mass is 381 g/mol. The Bertz CT molecular complexity index is 1050. The van der Waals surface area contributed by atoms with Gasteiger partial charge in [-0.25, -0.2) is 4.98 Å². The van der Waals surface area contributed by atoms with E-state index in [1.54, 1.807) is 38.5 Å². The number of ether oxygens (including phenoxy) is 2. The van der Waals surface area contributed by atoms with Crippen LogP contribution in [0.2, 0.25) is 0 Å². The molecule has 1 amide bonds. The summed E-state index contributed by atoms with van der Waals surface area (Å²) >= 11 is 0. The maximum atomic E-state index is 12.5. The molecule has 7 nitrogen and oxygen atoms in total. The van der Waals surface area contributed by atoms with Crippen LogP contribution in [-0.4, -0.2) is 29.7 Å². The van der Waals surface area contributed by atoms with Crippen LogP contribution in [0.3, 0.4) is 0 Å². The van der Waals surface area contributed by atoms with Crippen LogP contribution in [-0.2, 0) is 11.3 Å². The van der Waals surface area contributed by atoms with Crippen LogP contribution in [0.5, 0.6) is 11.5 Å². The molecule has 1 aromatic heterocycles. The van der Waals surface area contributed by atoms with Gasteiger partial charge in [0.15, 0.2) is 11.5 Å². The summed E-state index contributed by atoms with van der Waals surface area (Å²) in [6.45, 7) is 2.16. The number of methoxy groups -OCH3 is 2. The van der Waals surface area contributed by atoms with E-state index in [2.05, 4.69) is 10.3 Å². The van der Waals surface area contributed by atoms with E-state index in [0.717, 1.165) is 5.56 Å². The minimum Gasteiger partial charge on any atom is -0.493 e. The number of fused-ring (bicyclic) bond motifs is 1. The number of amides is 1. The van der Waals surface area contributed by atoms with Crippen molar-refractivity contribution in [3.8, 4) is 11.5 Å². The molecule has 1 N–H and O–H groups in total. The zero-order chi connectivity index (χ0) is 20.1. The van der Waals surface area contributed by atoms with Crippen molar-refractivity contribution >= 4 is 16.8 Å². The second kappa shape index (κ2) is 8.56. The number of carbonyl (C=O) groups is 1. The smallest absolute Gasteiger partial charge is 0.261 e. The highest BCUT2D eigenvalue weighted by atomic mass is 16.5. The lowest BCUT2D eigenvalue weighted by molar-refractivity contribution is -0.121. The van der Waals surface area contributed by atoms with E-state index in [1.165, 1.54) is 10.9 Å². The number of aryl methyl sites for hydroxylation is 1. The third-order valence-corrected chi connectivity index (χ3v) is 4.60. The van der Waals surface area contributed by atoms with Crippen molar-refractivity contribution in [1.82, 2.24) is 14.9 Å². The lowest BCUT2D eigenvalue weighted by Gasteiger charge is -2.17. The third-order valence-electron chi connectivity index (χ3n) is 4.60. The van der Waals surface area contributed by atoms with E-state index in [1.807, 2.05) is 25.1 Å². The predicted octanol–water partition coefficient (Wildman–Crippen LogP) is 2.68. The summed E-state index contributed by atoms with van der Waals surface area (Å²) in [6.07, 6.45) is 1.66. The van der Waals surface area contributed by atoms with Gasteiger partial charge in [0.1, 0.15) is 0 Å². The number of nitrogens with zero attached hydrogens (tertiary/aromatic N) is 2. The van der Waals surface area contributed by atoms with Gasteiger partial charge in [-0.1, -0.05) is 18.2 Å². The SMILES string of the molecule is COc1ccc(C(C)NC(=O)CCn2cnc3ccccc3c2=O)cc1OC. The average Bonchev–Trinajstić information content (AvgIpc) is 2.72. The van der Waals surface area contributed by atoms with Crippen LogP contribution in [0.4, 0.5) is 0 Å². The van der Waals surface area contributed by atoms with Gasteiger partial charge < -0.3 is 14.8 Å². The summed E-state index contributed by atoms with van der Waals surface area (Å²) in [5.41, 5.74) is 1.40. The van der Waals surface area contributed by atoms with Crippen molar-refractivity contribution in [2.24, 2.45) is 0 Å². The van der Waals surface area contributed by atoms with Crippen molar-refractivity contribution in [2.45, 2.75) is 25.9 Å². The number of aromatic nitrogens is 2. The Morgan fingerprint density at radius 2 is 1.89 bits per heavy atom. The second-order valence-electron chi connectivity index (χ2n) is 6.41. The summed E-state index contributed by atoms with van der Waals surface area (Å²) in [4.78, 5) is 29.1. The van der Waals surface area contributed by atoms with E-state index in [4.69, 9.17) is 9.47 Å². The number of rotatable bonds is 7. The first kappa shape index (κ1) is 19.4. The third kappa shape index (κ3) is 4.14. The molecule has 0 bridgehead atoms. The lowest BCUT2D eigenvalue weighted by Crippen LogP contribution is -2.29. The topological polar surface area (TPSA) is 82.5 Å². The maximum Gasteiger partial charge on any atom is 0.261 e. The molecular formula is C21H23N3O4. The molecule has 0 aliphatic heterocycles. The van der Waals surface area contributed by atoms with Gasteiger partial charge >= 0.3 is 0 Å². The number of para-hydroxylation sites is 1. The molecule has 146 valence electrons. The average molecular weight is 381 g/mol. The van der Waals surface area contributed by atoms with Crippen LogP contribution in [0.1, 0.15) is 24.9 Å². The summed E-state index contributed by atoms with van der Waals surface area (Å²) in [7, 11) is 3.15. The summed E-state index contributed by atoms with van der Waals surface area (Å²) in [5, 5.41) is 3.49. The Hall–Kier alpha value is -3.35. The molecule has 0 aliphatic rings. The van der Waals surface area contributed by atoms with Gasteiger partial charge in [-0.2, -0.15) is 0 Å². The van der Waals surface area contributed by atoms with E-state index < -0.39 is 0 Å². The van der Waals surface area contributed by atoms with E-state index in [0.29, 0.717) is 22.4 Å². The fourth-order valence-corrected chi connectivity index (χ4v) is 3.01. The van der Waals surface area contributed by atoms with E-state index in [9.17, 15) is 9.59 Å². The zero-order valence-corrected chi connectivity index (χ0v) is 16.1. The molecule has 7 heteroatoms. The predicted molar refractivity (Wildman–Crippen MR) is 107 cm³/mol. The highest BCUT2D eigenvalue weighted by Crippen LogP contribution is 2.29.